The maximum Gasteiger partial charge on any atom is 0.377 e. The molecule has 0 aromatic heterocycles. The minimum Gasteiger partial charge on any atom is -0.428 e. The van der Waals surface area contributed by atoms with Crippen LogP contribution in [0, 0.1) is 0 Å². The molecule has 6 heteroatoms. The number of thiocarbonyl (C=S) groups is 1. The van der Waals surface area contributed by atoms with Gasteiger partial charge in [-0.3, -0.25) is 4.79 Å². The molecule has 1 aliphatic carbocycles. The highest BCUT2D eigenvalue weighted by atomic mass is 32.2. The second-order valence-corrected chi connectivity index (χ2v) is 6.31. The number of hydrogen-bond donors (Lipinski definition) is 0. The Hall–Kier alpha value is -2.44. The maximum absolute atomic E-state index is 12.3. The van der Waals surface area contributed by atoms with Crippen LogP contribution in [0.1, 0.15) is 6.42 Å². The lowest BCUT2D eigenvalue weighted by atomic mass is 10.1. The first-order valence-corrected chi connectivity index (χ1v) is 8.33. The molecular formula is C18H12O4S2. The molecule has 0 atom stereocenters. The van der Waals surface area contributed by atoms with E-state index in [1.807, 2.05) is 36.4 Å². The smallest absolute Gasteiger partial charge is 0.377 e. The van der Waals surface area contributed by atoms with Crippen molar-refractivity contribution in [2.24, 2.45) is 0 Å². The predicted molar refractivity (Wildman–Crippen MR) is 98.1 cm³/mol. The van der Waals surface area contributed by atoms with Crippen molar-refractivity contribution < 1.29 is 19.1 Å². The Kier molecular flexibility index (Phi) is 5.08. The Morgan fingerprint density at radius 1 is 1.17 bits per heavy atom. The van der Waals surface area contributed by atoms with E-state index in [4.69, 9.17) is 21.7 Å². The molecule has 2 aromatic rings. The molecule has 0 aliphatic heterocycles. The first kappa shape index (κ1) is 16.4. The fourth-order valence-corrected chi connectivity index (χ4v) is 3.34. The summed E-state index contributed by atoms with van der Waals surface area (Å²) in [5, 5.41) is 1.29. The number of ether oxygens (including phenoxy) is 2. The number of carbonyl (C=O) groups excluding carboxylic acids is 2. The molecule has 0 N–H and O–H groups in total. The highest BCUT2D eigenvalue weighted by Gasteiger charge is 2.21. The molecule has 0 saturated heterocycles. The normalized spacial score (nSPS) is 13.9. The van der Waals surface area contributed by atoms with Gasteiger partial charge >= 0.3 is 5.30 Å². The van der Waals surface area contributed by atoms with E-state index in [1.165, 1.54) is 0 Å². The van der Waals surface area contributed by atoms with Crippen LogP contribution in [0.5, 0.6) is 5.75 Å². The third-order valence-electron chi connectivity index (χ3n) is 3.35. The van der Waals surface area contributed by atoms with Crippen LogP contribution in [0.3, 0.4) is 0 Å². The van der Waals surface area contributed by atoms with E-state index in [0.29, 0.717) is 28.4 Å². The molecule has 2 aromatic carbocycles. The Balaban J connectivity index is 1.83. The first-order chi connectivity index (χ1) is 11.7. The van der Waals surface area contributed by atoms with E-state index in [2.05, 4.69) is 0 Å². The highest BCUT2D eigenvalue weighted by molar-refractivity contribution is 8.18. The second-order valence-electron chi connectivity index (χ2n) is 4.87. The lowest BCUT2D eigenvalue weighted by molar-refractivity contribution is -0.124. The van der Waals surface area contributed by atoms with Crippen molar-refractivity contribution >= 4 is 51.4 Å². The lowest BCUT2D eigenvalue weighted by Gasteiger charge is -2.14. The van der Waals surface area contributed by atoms with Gasteiger partial charge in [0.25, 0.3) is 6.47 Å². The maximum atomic E-state index is 12.3. The molecule has 1 aliphatic rings. The number of benzene rings is 2. The summed E-state index contributed by atoms with van der Waals surface area (Å²) in [5.41, 5.74) is 0. The SMILES string of the molecule is O=COC1=C(SC(=O)Oc2cccc3ccccc23)C(=S)CC=C1. The van der Waals surface area contributed by atoms with Gasteiger partial charge in [-0.05, 0) is 29.3 Å². The molecule has 4 nitrogen and oxygen atoms in total. The van der Waals surface area contributed by atoms with Crippen molar-refractivity contribution in [2.75, 3.05) is 0 Å². The van der Waals surface area contributed by atoms with E-state index in [-0.39, 0.29) is 5.76 Å². The van der Waals surface area contributed by atoms with E-state index >= 15 is 0 Å². The molecule has 120 valence electrons. The Morgan fingerprint density at radius 3 is 2.79 bits per heavy atom. The van der Waals surface area contributed by atoms with Gasteiger partial charge in [-0.1, -0.05) is 54.7 Å². The minimum atomic E-state index is -0.536. The van der Waals surface area contributed by atoms with Crippen LogP contribution in [0.15, 0.2) is 65.3 Å². The van der Waals surface area contributed by atoms with Crippen LogP contribution in [0.4, 0.5) is 4.79 Å². The molecule has 0 spiro atoms. The summed E-state index contributed by atoms with van der Waals surface area (Å²) in [6.07, 6.45) is 3.92. The standard InChI is InChI=1S/C18H12O4S2/c19-11-21-15-9-4-10-16(23)17(15)24-18(20)22-14-8-3-6-12-5-1-2-7-13(12)14/h1-9,11H,10H2. The average molecular weight is 356 g/mol. The van der Waals surface area contributed by atoms with Gasteiger partial charge in [-0.2, -0.15) is 0 Å². The van der Waals surface area contributed by atoms with Crippen LogP contribution in [-0.4, -0.2) is 16.6 Å². The summed E-state index contributed by atoms with van der Waals surface area (Å²) in [7, 11) is 0. The van der Waals surface area contributed by atoms with Gasteiger partial charge in [-0.15, -0.1) is 0 Å². The largest absolute Gasteiger partial charge is 0.428 e. The van der Waals surface area contributed by atoms with Gasteiger partial charge in [0.05, 0.1) is 4.91 Å². The van der Waals surface area contributed by atoms with E-state index in [0.717, 1.165) is 22.5 Å². The molecule has 0 amide bonds. The van der Waals surface area contributed by atoms with Gasteiger partial charge in [0.2, 0.25) is 0 Å². The van der Waals surface area contributed by atoms with Crippen LogP contribution >= 0.6 is 24.0 Å². The molecular weight excluding hydrogens is 344 g/mol. The summed E-state index contributed by atoms with van der Waals surface area (Å²) in [6, 6.07) is 13.1. The van der Waals surface area contributed by atoms with Gasteiger partial charge in [-0.25, -0.2) is 4.79 Å². The Labute approximate surface area is 148 Å². The zero-order chi connectivity index (χ0) is 16.9. The van der Waals surface area contributed by atoms with Crippen LogP contribution in [0.2, 0.25) is 0 Å². The quantitative estimate of drug-likeness (QED) is 0.446. The van der Waals surface area contributed by atoms with Gasteiger partial charge < -0.3 is 9.47 Å². The van der Waals surface area contributed by atoms with E-state index < -0.39 is 5.30 Å². The lowest BCUT2D eigenvalue weighted by Crippen LogP contribution is -2.10. The number of allylic oxidation sites excluding steroid dienone is 3. The van der Waals surface area contributed by atoms with Crippen LogP contribution in [0.25, 0.3) is 10.8 Å². The molecule has 0 heterocycles. The van der Waals surface area contributed by atoms with Crippen molar-refractivity contribution in [1.82, 2.24) is 0 Å². The van der Waals surface area contributed by atoms with Gasteiger partial charge in [0.15, 0.2) is 0 Å². The van der Waals surface area contributed by atoms with Gasteiger partial charge in [0.1, 0.15) is 11.5 Å². The highest BCUT2D eigenvalue weighted by Crippen LogP contribution is 2.32. The zero-order valence-electron chi connectivity index (χ0n) is 12.4. The third kappa shape index (κ3) is 3.55. The number of carbonyl (C=O) groups is 2. The fourth-order valence-electron chi connectivity index (χ4n) is 2.31. The molecule has 0 saturated carbocycles. The Bertz CT molecular complexity index is 878. The van der Waals surface area contributed by atoms with Crippen molar-refractivity contribution in [3.05, 3.63) is 65.3 Å². The number of fused-ring (bicyclic) bond motifs is 1. The third-order valence-corrected chi connectivity index (χ3v) is 4.75. The summed E-state index contributed by atoms with van der Waals surface area (Å²) < 4.78 is 10.4. The zero-order valence-corrected chi connectivity index (χ0v) is 14.1. The van der Waals surface area contributed by atoms with Crippen LogP contribution in [-0.2, 0) is 9.53 Å². The Morgan fingerprint density at radius 2 is 1.96 bits per heavy atom. The number of thioether (sulfide) groups is 1. The monoisotopic (exact) mass is 356 g/mol. The topological polar surface area (TPSA) is 52.6 Å². The molecule has 0 bridgehead atoms. The van der Waals surface area contributed by atoms with Crippen LogP contribution < -0.4 is 4.74 Å². The first-order valence-electron chi connectivity index (χ1n) is 7.11. The van der Waals surface area contributed by atoms with E-state index in [1.54, 1.807) is 18.2 Å². The van der Waals surface area contributed by atoms with E-state index in [9.17, 15) is 9.59 Å². The van der Waals surface area contributed by atoms with Crippen molar-refractivity contribution in [3.8, 4) is 5.75 Å². The summed E-state index contributed by atoms with van der Waals surface area (Å²) in [4.78, 5) is 23.9. The average Bonchev–Trinajstić information content (AvgIpc) is 2.58. The molecule has 3 rings (SSSR count). The summed E-state index contributed by atoms with van der Waals surface area (Å²) in [5.74, 6) is 0.738. The van der Waals surface area contributed by atoms with Crippen molar-refractivity contribution in [2.45, 2.75) is 6.42 Å². The molecule has 0 unspecified atom stereocenters. The molecule has 0 fully saturated rings. The summed E-state index contributed by atoms with van der Waals surface area (Å²) in [6.45, 7) is 0.310. The number of hydrogen-bond acceptors (Lipinski definition) is 6. The van der Waals surface area contributed by atoms with Crippen molar-refractivity contribution in [3.63, 3.8) is 0 Å². The number of rotatable bonds is 4. The minimum absolute atomic E-state index is 0.265. The molecule has 0 radical (unpaired) electrons. The van der Waals surface area contributed by atoms with Gasteiger partial charge in [0, 0.05) is 16.7 Å². The fraction of sp³-hybridized carbons (Fsp3) is 0.0556. The second kappa shape index (κ2) is 7.42. The molecule has 24 heavy (non-hydrogen) atoms. The summed E-state index contributed by atoms with van der Waals surface area (Å²) >= 11 is 6.07. The van der Waals surface area contributed by atoms with Crippen molar-refractivity contribution in [1.29, 1.82) is 0 Å². The predicted octanol–water partition coefficient (Wildman–Crippen LogP) is 4.79.